The highest BCUT2D eigenvalue weighted by Gasteiger charge is 2.16. The molecule has 0 aliphatic rings. The Labute approximate surface area is 139 Å². The molecular formula is C16H11BrN4S. The van der Waals surface area contributed by atoms with E-state index in [9.17, 15) is 0 Å². The third-order valence-electron chi connectivity index (χ3n) is 3.48. The van der Waals surface area contributed by atoms with Crippen LogP contribution in [-0.4, -0.2) is 19.8 Å². The Hall–Kier alpha value is -2.05. The number of aromatic nitrogens is 4. The molecule has 108 valence electrons. The molecule has 0 radical (unpaired) electrons. The van der Waals surface area contributed by atoms with Crippen molar-refractivity contribution >= 4 is 32.2 Å². The lowest BCUT2D eigenvalue weighted by atomic mass is 10.1. The molecule has 2 heterocycles. The van der Waals surface area contributed by atoms with E-state index in [2.05, 4.69) is 45.2 Å². The summed E-state index contributed by atoms with van der Waals surface area (Å²) in [5, 5.41) is 14.2. The fourth-order valence-electron chi connectivity index (χ4n) is 2.35. The van der Waals surface area contributed by atoms with Crippen molar-refractivity contribution in [3.05, 3.63) is 58.6 Å². The molecule has 6 heteroatoms. The van der Waals surface area contributed by atoms with Crippen LogP contribution in [0.25, 0.3) is 26.9 Å². The minimum absolute atomic E-state index is 0.749. The van der Waals surface area contributed by atoms with Crippen molar-refractivity contribution in [2.75, 3.05) is 0 Å². The molecule has 4 aromatic rings. The molecule has 0 saturated carbocycles. The van der Waals surface area contributed by atoms with Gasteiger partial charge in [0.15, 0.2) is 5.82 Å². The monoisotopic (exact) mass is 370 g/mol. The molecule has 0 fully saturated rings. The van der Waals surface area contributed by atoms with Crippen LogP contribution in [0.1, 0.15) is 5.56 Å². The van der Waals surface area contributed by atoms with Crippen LogP contribution in [-0.2, 0) is 0 Å². The maximum atomic E-state index is 4.71. The summed E-state index contributed by atoms with van der Waals surface area (Å²) in [4.78, 5) is 0.795. The Morgan fingerprint density at radius 1 is 0.955 bits per heavy atom. The molecule has 0 N–H and O–H groups in total. The highest BCUT2D eigenvalue weighted by atomic mass is 79.9. The summed E-state index contributed by atoms with van der Waals surface area (Å²) in [5.41, 5.74) is 3.32. The number of aryl methyl sites for hydroxylation is 1. The Bertz CT molecular complexity index is 973. The molecule has 22 heavy (non-hydrogen) atoms. The summed E-state index contributed by atoms with van der Waals surface area (Å²) < 4.78 is 2.79. The number of nitrogens with zero attached hydrogens (tertiary/aromatic N) is 4. The first-order valence-corrected chi connectivity index (χ1v) is 8.38. The summed E-state index contributed by atoms with van der Waals surface area (Å²) in [6.45, 7) is 2.09. The molecule has 0 unspecified atom stereocenters. The number of benzene rings is 2. The van der Waals surface area contributed by atoms with Crippen molar-refractivity contribution in [3.8, 4) is 22.0 Å². The van der Waals surface area contributed by atoms with Crippen LogP contribution >= 0.6 is 27.3 Å². The summed E-state index contributed by atoms with van der Waals surface area (Å²) in [5.74, 6) is 0.749. The zero-order valence-electron chi connectivity index (χ0n) is 11.7. The molecule has 4 rings (SSSR count). The van der Waals surface area contributed by atoms with Gasteiger partial charge in [-0.25, -0.2) is 0 Å². The van der Waals surface area contributed by atoms with Gasteiger partial charge >= 0.3 is 0 Å². The van der Waals surface area contributed by atoms with Gasteiger partial charge in [0.25, 0.3) is 0 Å². The van der Waals surface area contributed by atoms with E-state index in [1.807, 2.05) is 40.9 Å². The zero-order chi connectivity index (χ0) is 15.1. The summed E-state index contributed by atoms with van der Waals surface area (Å²) in [7, 11) is 0. The second-order valence-electron chi connectivity index (χ2n) is 4.92. The highest BCUT2D eigenvalue weighted by Crippen LogP contribution is 2.31. The smallest absolute Gasteiger partial charge is 0.182 e. The Balaban J connectivity index is 1.91. The minimum atomic E-state index is 0.749. The standard InChI is InChI=1S/C16H11BrN4S/c1-10-6-2-3-7-11(10)15-20-21-14(18-19-16(21)22-15)12-8-4-5-9-13(12)17/h2-9H,1H3. The van der Waals surface area contributed by atoms with Gasteiger partial charge in [0.2, 0.25) is 4.96 Å². The van der Waals surface area contributed by atoms with Crippen molar-refractivity contribution in [3.63, 3.8) is 0 Å². The molecule has 0 bridgehead atoms. The van der Waals surface area contributed by atoms with Gasteiger partial charge in [-0.2, -0.15) is 9.61 Å². The van der Waals surface area contributed by atoms with E-state index in [-0.39, 0.29) is 0 Å². The first kappa shape index (κ1) is 13.6. The summed E-state index contributed by atoms with van der Waals surface area (Å²) in [6, 6.07) is 16.2. The number of hydrogen-bond acceptors (Lipinski definition) is 4. The van der Waals surface area contributed by atoms with Crippen LogP contribution in [0.15, 0.2) is 53.0 Å². The average molecular weight is 371 g/mol. The van der Waals surface area contributed by atoms with Gasteiger partial charge in [0.1, 0.15) is 5.01 Å². The minimum Gasteiger partial charge on any atom is -0.182 e. The molecule has 0 saturated heterocycles. The van der Waals surface area contributed by atoms with Crippen LogP contribution < -0.4 is 0 Å². The second-order valence-corrected chi connectivity index (χ2v) is 6.73. The molecule has 0 aliphatic heterocycles. The predicted octanol–water partition coefficient (Wildman–Crippen LogP) is 4.59. The van der Waals surface area contributed by atoms with Gasteiger partial charge in [-0.3, -0.25) is 0 Å². The van der Waals surface area contributed by atoms with Gasteiger partial charge in [-0.05, 0) is 24.6 Å². The lowest BCUT2D eigenvalue weighted by Gasteiger charge is -2.01. The third-order valence-corrected chi connectivity index (χ3v) is 5.10. The molecule has 0 aliphatic carbocycles. The Morgan fingerprint density at radius 3 is 2.45 bits per heavy atom. The van der Waals surface area contributed by atoms with E-state index >= 15 is 0 Å². The zero-order valence-corrected chi connectivity index (χ0v) is 14.1. The molecule has 2 aromatic carbocycles. The molecule has 2 aromatic heterocycles. The average Bonchev–Trinajstić information content (AvgIpc) is 3.09. The van der Waals surface area contributed by atoms with Crippen molar-refractivity contribution < 1.29 is 0 Å². The van der Waals surface area contributed by atoms with E-state index in [0.717, 1.165) is 31.4 Å². The first-order valence-electron chi connectivity index (χ1n) is 6.77. The van der Waals surface area contributed by atoms with Gasteiger partial charge in [-0.1, -0.05) is 63.7 Å². The van der Waals surface area contributed by atoms with E-state index < -0.39 is 0 Å². The van der Waals surface area contributed by atoms with E-state index in [0.29, 0.717) is 0 Å². The van der Waals surface area contributed by atoms with Crippen molar-refractivity contribution in [1.82, 2.24) is 19.8 Å². The van der Waals surface area contributed by atoms with E-state index in [4.69, 9.17) is 5.10 Å². The Morgan fingerprint density at radius 2 is 1.68 bits per heavy atom. The molecule has 4 nitrogen and oxygen atoms in total. The lowest BCUT2D eigenvalue weighted by Crippen LogP contribution is -1.92. The third kappa shape index (κ3) is 2.15. The topological polar surface area (TPSA) is 43.1 Å². The van der Waals surface area contributed by atoms with Crippen molar-refractivity contribution in [2.24, 2.45) is 0 Å². The molecule has 0 spiro atoms. The predicted molar refractivity (Wildman–Crippen MR) is 92.0 cm³/mol. The number of fused-ring (bicyclic) bond motifs is 1. The fraction of sp³-hybridized carbons (Fsp3) is 0.0625. The van der Waals surface area contributed by atoms with Crippen molar-refractivity contribution in [2.45, 2.75) is 6.92 Å². The van der Waals surface area contributed by atoms with Crippen LogP contribution in [0.4, 0.5) is 0 Å². The number of rotatable bonds is 2. The SMILES string of the molecule is Cc1ccccc1-c1nn2c(-c3ccccc3Br)nnc2s1. The van der Waals surface area contributed by atoms with Crippen LogP contribution in [0, 0.1) is 6.92 Å². The molecule has 0 atom stereocenters. The molecular weight excluding hydrogens is 360 g/mol. The maximum absolute atomic E-state index is 4.71. The number of halogens is 1. The van der Waals surface area contributed by atoms with Gasteiger partial charge in [0, 0.05) is 15.6 Å². The fourth-order valence-corrected chi connectivity index (χ4v) is 3.74. The van der Waals surface area contributed by atoms with Crippen LogP contribution in [0.5, 0.6) is 0 Å². The normalized spacial score (nSPS) is 11.2. The molecule has 0 amide bonds. The highest BCUT2D eigenvalue weighted by molar-refractivity contribution is 9.10. The van der Waals surface area contributed by atoms with Crippen LogP contribution in [0.3, 0.4) is 0 Å². The number of hydrogen-bond donors (Lipinski definition) is 0. The second kappa shape index (κ2) is 5.30. The van der Waals surface area contributed by atoms with Crippen molar-refractivity contribution in [1.29, 1.82) is 0 Å². The summed E-state index contributed by atoms with van der Waals surface area (Å²) >= 11 is 5.11. The van der Waals surface area contributed by atoms with Gasteiger partial charge in [-0.15, -0.1) is 10.2 Å². The van der Waals surface area contributed by atoms with E-state index in [1.165, 1.54) is 5.56 Å². The first-order chi connectivity index (χ1) is 10.7. The maximum Gasteiger partial charge on any atom is 0.235 e. The lowest BCUT2D eigenvalue weighted by molar-refractivity contribution is 0.969. The Kier molecular flexibility index (Phi) is 3.28. The summed E-state index contributed by atoms with van der Waals surface area (Å²) in [6.07, 6.45) is 0. The van der Waals surface area contributed by atoms with E-state index in [1.54, 1.807) is 11.3 Å². The van der Waals surface area contributed by atoms with Gasteiger partial charge in [0.05, 0.1) is 0 Å². The van der Waals surface area contributed by atoms with Gasteiger partial charge < -0.3 is 0 Å². The quantitative estimate of drug-likeness (QED) is 0.518. The largest absolute Gasteiger partial charge is 0.235 e. The van der Waals surface area contributed by atoms with Crippen LogP contribution in [0.2, 0.25) is 0 Å².